The van der Waals surface area contributed by atoms with Gasteiger partial charge in [-0.3, -0.25) is 9.56 Å². The van der Waals surface area contributed by atoms with Gasteiger partial charge < -0.3 is 10.4 Å². The van der Waals surface area contributed by atoms with Crippen LogP contribution in [0.15, 0.2) is 40.5 Å². The van der Waals surface area contributed by atoms with Crippen molar-refractivity contribution in [2.45, 2.75) is 24.7 Å². The van der Waals surface area contributed by atoms with Gasteiger partial charge in [-0.15, -0.1) is 0 Å². The van der Waals surface area contributed by atoms with Gasteiger partial charge in [0.15, 0.2) is 10.9 Å². The van der Waals surface area contributed by atoms with Gasteiger partial charge in [0.2, 0.25) is 11.6 Å². The molecular weight excluding hydrogens is 298 g/mol. The van der Waals surface area contributed by atoms with Gasteiger partial charge in [0.25, 0.3) is 0 Å². The van der Waals surface area contributed by atoms with E-state index in [9.17, 15) is 5.11 Å². The molecule has 1 aliphatic rings. The third-order valence-electron chi connectivity index (χ3n) is 3.44. The van der Waals surface area contributed by atoms with Crippen molar-refractivity contribution in [2.75, 3.05) is 24.2 Å². The lowest BCUT2D eigenvalue weighted by atomic mass is 10.0. The molecule has 0 saturated carbocycles. The van der Waals surface area contributed by atoms with E-state index in [1.807, 2.05) is 44.2 Å². The Balaban J connectivity index is 2.20. The Labute approximate surface area is 133 Å². The zero-order chi connectivity index (χ0) is 15.6. The molecule has 0 aliphatic carbocycles. The van der Waals surface area contributed by atoms with Gasteiger partial charge in [-0.2, -0.15) is 9.97 Å². The molecule has 1 atom stereocenters. The number of aliphatic hydroxyl groups is 1. The summed E-state index contributed by atoms with van der Waals surface area (Å²) in [6, 6.07) is 9.60. The van der Waals surface area contributed by atoms with Gasteiger partial charge in [0.05, 0.1) is 5.75 Å². The van der Waals surface area contributed by atoms with E-state index >= 15 is 0 Å². The van der Waals surface area contributed by atoms with Crippen LogP contribution in [0.4, 0.5) is 5.95 Å². The average Bonchev–Trinajstić information content (AvgIpc) is 2.88. The monoisotopic (exact) mass is 317 g/mol. The van der Waals surface area contributed by atoms with Crippen LogP contribution < -0.4 is 10.9 Å². The van der Waals surface area contributed by atoms with Crippen LogP contribution in [0.1, 0.15) is 19.4 Å². The smallest absolute Gasteiger partial charge is 0.232 e. The van der Waals surface area contributed by atoms with Crippen LogP contribution in [0.3, 0.4) is 0 Å². The molecule has 1 aliphatic heterocycles. The van der Waals surface area contributed by atoms with Crippen molar-refractivity contribution < 1.29 is 5.11 Å². The van der Waals surface area contributed by atoms with Gasteiger partial charge in [-0.05, 0) is 13.8 Å². The number of fused-ring (bicyclic) bond motifs is 1. The van der Waals surface area contributed by atoms with Crippen LogP contribution in [0.5, 0.6) is 0 Å². The predicted octanol–water partition coefficient (Wildman–Crippen LogP) is 1.43. The standard InChI is InChI=1S/C15H19N5OS/c1-3-16-12-18-13(17-4-2)20-14(19-12)22-10-15(20,21)11-8-6-5-7-9-11/h5-9,21H,3-4,10H2,1-2H3,(H,16,17,18). The fourth-order valence-corrected chi connectivity index (χ4v) is 3.59. The molecule has 6 nitrogen and oxygen atoms in total. The molecular formula is C15H19N5OS. The summed E-state index contributed by atoms with van der Waals surface area (Å²) in [5, 5.41) is 15.1. The summed E-state index contributed by atoms with van der Waals surface area (Å²) in [7, 11) is 0. The number of aromatic nitrogens is 3. The first-order chi connectivity index (χ1) is 10.7. The lowest BCUT2D eigenvalue weighted by molar-refractivity contribution is 0.0212. The van der Waals surface area contributed by atoms with Gasteiger partial charge in [-0.1, -0.05) is 42.1 Å². The van der Waals surface area contributed by atoms with Crippen LogP contribution in [0, 0.1) is 0 Å². The molecule has 1 aromatic carbocycles. The third-order valence-corrected chi connectivity index (χ3v) is 4.52. The molecule has 0 amide bonds. The highest BCUT2D eigenvalue weighted by Crippen LogP contribution is 2.37. The maximum atomic E-state index is 11.2. The summed E-state index contributed by atoms with van der Waals surface area (Å²) < 4.78 is 1.73. The minimum absolute atomic E-state index is 0.494. The number of rotatable bonds is 4. The van der Waals surface area contributed by atoms with Crippen LogP contribution >= 0.6 is 11.8 Å². The zero-order valence-electron chi connectivity index (χ0n) is 12.7. The number of nitrogens with zero attached hydrogens (tertiary/aromatic N) is 4. The first-order valence-electron chi connectivity index (χ1n) is 7.35. The lowest BCUT2D eigenvalue weighted by Gasteiger charge is -2.25. The van der Waals surface area contributed by atoms with Crippen LogP contribution in [-0.2, 0) is 5.72 Å². The SMILES string of the molecule is CCN=c1nc(NCC)nc2n1C(O)(c1ccccc1)CS2. The summed E-state index contributed by atoms with van der Waals surface area (Å²) in [6.07, 6.45) is 0. The van der Waals surface area contributed by atoms with Gasteiger partial charge >= 0.3 is 0 Å². The Morgan fingerprint density at radius 1 is 1.32 bits per heavy atom. The van der Waals surface area contributed by atoms with Crippen molar-refractivity contribution in [2.24, 2.45) is 4.99 Å². The van der Waals surface area contributed by atoms with E-state index in [2.05, 4.69) is 20.3 Å². The molecule has 2 heterocycles. The first-order valence-corrected chi connectivity index (χ1v) is 8.34. The van der Waals surface area contributed by atoms with E-state index in [1.54, 1.807) is 4.57 Å². The Morgan fingerprint density at radius 3 is 2.77 bits per heavy atom. The number of hydrogen-bond acceptors (Lipinski definition) is 6. The van der Waals surface area contributed by atoms with Crippen molar-refractivity contribution in [3.05, 3.63) is 41.5 Å². The molecule has 0 spiro atoms. The minimum atomic E-state index is -1.17. The second-order valence-corrected chi connectivity index (χ2v) is 5.88. The molecule has 2 N–H and O–H groups in total. The number of benzene rings is 1. The molecule has 116 valence electrons. The molecule has 1 unspecified atom stereocenters. The first kappa shape index (κ1) is 15.1. The average molecular weight is 317 g/mol. The fourth-order valence-electron chi connectivity index (χ4n) is 2.45. The Bertz CT molecular complexity index is 730. The van der Waals surface area contributed by atoms with Gasteiger partial charge in [-0.25, -0.2) is 0 Å². The molecule has 22 heavy (non-hydrogen) atoms. The van der Waals surface area contributed by atoms with Crippen molar-refractivity contribution in [1.82, 2.24) is 14.5 Å². The van der Waals surface area contributed by atoms with E-state index < -0.39 is 5.72 Å². The summed E-state index contributed by atoms with van der Waals surface area (Å²) in [5.41, 5.74) is 0.151. The second-order valence-electron chi connectivity index (χ2n) is 4.94. The number of hydrogen-bond donors (Lipinski definition) is 2. The summed E-state index contributed by atoms with van der Waals surface area (Å²) in [6.45, 7) is 5.28. The topological polar surface area (TPSA) is 75.3 Å². The van der Waals surface area contributed by atoms with Crippen molar-refractivity contribution in [3.8, 4) is 0 Å². The quantitative estimate of drug-likeness (QED) is 0.892. The van der Waals surface area contributed by atoms with Crippen LogP contribution in [0.2, 0.25) is 0 Å². The van der Waals surface area contributed by atoms with E-state index in [0.717, 1.165) is 17.3 Å². The molecule has 2 aromatic rings. The molecule has 1 aromatic heterocycles. The van der Waals surface area contributed by atoms with Crippen LogP contribution in [0.25, 0.3) is 0 Å². The summed E-state index contributed by atoms with van der Waals surface area (Å²) in [5.74, 6) is 1.04. The highest BCUT2D eigenvalue weighted by atomic mass is 32.2. The molecule has 0 saturated heterocycles. The maximum Gasteiger partial charge on any atom is 0.232 e. The van der Waals surface area contributed by atoms with E-state index in [-0.39, 0.29) is 0 Å². The Kier molecular flexibility index (Phi) is 4.17. The van der Waals surface area contributed by atoms with Crippen molar-refractivity contribution >= 4 is 17.7 Å². The van der Waals surface area contributed by atoms with E-state index in [0.29, 0.717) is 23.9 Å². The van der Waals surface area contributed by atoms with Gasteiger partial charge in [0, 0.05) is 18.7 Å². The zero-order valence-corrected chi connectivity index (χ0v) is 13.5. The molecule has 0 radical (unpaired) electrons. The van der Waals surface area contributed by atoms with Crippen LogP contribution in [-0.4, -0.2) is 38.5 Å². The Morgan fingerprint density at radius 2 is 2.09 bits per heavy atom. The third kappa shape index (κ3) is 2.50. The largest absolute Gasteiger partial charge is 0.366 e. The van der Waals surface area contributed by atoms with Crippen molar-refractivity contribution in [1.29, 1.82) is 0 Å². The fraction of sp³-hybridized carbons (Fsp3) is 0.400. The number of nitrogens with one attached hydrogen (secondary N) is 1. The van der Waals surface area contributed by atoms with Gasteiger partial charge in [0.1, 0.15) is 0 Å². The summed E-state index contributed by atoms with van der Waals surface area (Å²) in [4.78, 5) is 13.4. The second kappa shape index (κ2) is 6.10. The molecule has 0 fully saturated rings. The maximum absolute atomic E-state index is 11.2. The lowest BCUT2D eigenvalue weighted by Crippen LogP contribution is -2.43. The normalized spacial score (nSPS) is 21.0. The minimum Gasteiger partial charge on any atom is -0.366 e. The highest BCUT2D eigenvalue weighted by Gasteiger charge is 2.40. The predicted molar refractivity (Wildman–Crippen MR) is 86.8 cm³/mol. The summed E-state index contributed by atoms with van der Waals surface area (Å²) >= 11 is 1.51. The van der Waals surface area contributed by atoms with Crippen molar-refractivity contribution in [3.63, 3.8) is 0 Å². The molecule has 0 bridgehead atoms. The number of thioether (sulfide) groups is 1. The van der Waals surface area contributed by atoms with E-state index in [4.69, 9.17) is 0 Å². The Hall–Kier alpha value is -1.86. The molecule has 3 rings (SSSR count). The van der Waals surface area contributed by atoms with E-state index in [1.165, 1.54) is 11.8 Å². The highest BCUT2D eigenvalue weighted by molar-refractivity contribution is 7.99. The molecule has 7 heteroatoms. The number of anilines is 1.